The highest BCUT2D eigenvalue weighted by Gasteiger charge is 2.38. The summed E-state index contributed by atoms with van der Waals surface area (Å²) in [5.74, 6) is -2.37. The third-order valence-corrected chi connectivity index (χ3v) is 5.38. The zero-order chi connectivity index (χ0) is 25.0. The summed E-state index contributed by atoms with van der Waals surface area (Å²) in [4.78, 5) is 50.4. The molecule has 1 aromatic heterocycles. The number of allylic oxidation sites excluding steroid dienone is 2. The molecule has 3 rings (SSSR count). The average molecular weight is 466 g/mol. The third kappa shape index (κ3) is 4.93. The zero-order valence-electron chi connectivity index (χ0n) is 19.7. The van der Waals surface area contributed by atoms with Crippen LogP contribution in [0.1, 0.15) is 36.5 Å². The van der Waals surface area contributed by atoms with Crippen molar-refractivity contribution < 1.29 is 33.1 Å². The number of furan rings is 1. The minimum absolute atomic E-state index is 0.0413. The lowest BCUT2D eigenvalue weighted by atomic mass is 10.1. The highest BCUT2D eigenvalue weighted by atomic mass is 16.5. The van der Waals surface area contributed by atoms with Gasteiger partial charge in [0.25, 0.3) is 0 Å². The number of carbonyl (C=O) groups excluding carboxylic acids is 4. The van der Waals surface area contributed by atoms with Gasteiger partial charge in [0.2, 0.25) is 5.78 Å². The Morgan fingerprint density at radius 3 is 2.47 bits per heavy atom. The van der Waals surface area contributed by atoms with Crippen molar-refractivity contribution in [2.24, 2.45) is 0 Å². The maximum Gasteiger partial charge on any atom is 0.396 e. The molecule has 0 radical (unpaired) electrons. The van der Waals surface area contributed by atoms with Crippen molar-refractivity contribution in [3.05, 3.63) is 69.9 Å². The van der Waals surface area contributed by atoms with Crippen LogP contribution in [0.5, 0.6) is 0 Å². The number of esters is 2. The Morgan fingerprint density at radius 2 is 1.82 bits per heavy atom. The van der Waals surface area contributed by atoms with E-state index in [0.717, 1.165) is 11.1 Å². The first-order valence-corrected chi connectivity index (χ1v) is 10.6. The number of hydrogen-bond acceptors (Lipinski definition) is 8. The molecule has 0 spiro atoms. The lowest BCUT2D eigenvalue weighted by molar-refractivity contribution is -0.154. The molecule has 2 heterocycles. The molecule has 178 valence electrons. The number of methoxy groups -OCH3 is 1. The lowest BCUT2D eigenvalue weighted by Crippen LogP contribution is -2.31. The molecular formula is C25H26N2O7. The molecule has 1 aliphatic heterocycles. The Balaban J connectivity index is 1.92. The Bertz CT molecular complexity index is 1220. The zero-order valence-corrected chi connectivity index (χ0v) is 19.7. The van der Waals surface area contributed by atoms with Crippen LogP contribution in [0.3, 0.4) is 0 Å². The van der Waals surface area contributed by atoms with E-state index in [-0.39, 0.29) is 24.4 Å². The van der Waals surface area contributed by atoms with Crippen LogP contribution < -0.4 is 10.2 Å². The standard InChI is InChI=1S/C25H26N2O7/c1-6-33-25(31)23(29)26-13-19-10-9-18(34-19)12-20-22(28)21(24(30)32-5)16(4)27(20)17-8-7-14(2)15(3)11-17/h7-12H,6,13H2,1-5H3,(H,26,29)/b20-12+. The molecule has 0 saturated carbocycles. The second-order valence-corrected chi connectivity index (χ2v) is 7.62. The van der Waals surface area contributed by atoms with Crippen molar-refractivity contribution in [3.63, 3.8) is 0 Å². The highest BCUT2D eigenvalue weighted by Crippen LogP contribution is 2.36. The summed E-state index contributed by atoms with van der Waals surface area (Å²) >= 11 is 0. The molecule has 1 amide bonds. The molecule has 1 aromatic carbocycles. The molecule has 9 heteroatoms. The van der Waals surface area contributed by atoms with E-state index in [1.807, 2.05) is 32.0 Å². The second-order valence-electron chi connectivity index (χ2n) is 7.62. The normalized spacial score (nSPS) is 14.6. The summed E-state index contributed by atoms with van der Waals surface area (Å²) in [5.41, 5.74) is 3.45. The summed E-state index contributed by atoms with van der Waals surface area (Å²) in [6.45, 7) is 7.28. The van der Waals surface area contributed by atoms with Crippen LogP contribution in [0, 0.1) is 13.8 Å². The number of ketones is 1. The second kappa shape index (κ2) is 10.2. The van der Waals surface area contributed by atoms with Gasteiger partial charge in [0.05, 0.1) is 26.0 Å². The van der Waals surface area contributed by atoms with E-state index in [9.17, 15) is 19.2 Å². The predicted molar refractivity (Wildman–Crippen MR) is 123 cm³/mol. The molecule has 0 bridgehead atoms. The van der Waals surface area contributed by atoms with Gasteiger partial charge < -0.3 is 24.1 Å². The van der Waals surface area contributed by atoms with Gasteiger partial charge in [-0.1, -0.05) is 6.07 Å². The van der Waals surface area contributed by atoms with E-state index in [1.54, 1.807) is 30.9 Å². The van der Waals surface area contributed by atoms with Gasteiger partial charge in [0.1, 0.15) is 17.1 Å². The molecule has 9 nitrogen and oxygen atoms in total. The Labute approximate surface area is 197 Å². The monoisotopic (exact) mass is 466 g/mol. The van der Waals surface area contributed by atoms with Crippen molar-refractivity contribution in [3.8, 4) is 0 Å². The SMILES string of the molecule is CCOC(=O)C(=O)NCc1ccc(/C=C2\C(=O)C(C(=O)OC)=C(C)N2c2ccc(C)c(C)c2)o1. The number of amides is 1. The minimum Gasteiger partial charge on any atom is -0.465 e. The molecule has 0 atom stereocenters. The quantitative estimate of drug-likeness (QED) is 0.299. The average Bonchev–Trinajstić information content (AvgIpc) is 3.35. The van der Waals surface area contributed by atoms with Crippen LogP contribution in [-0.2, 0) is 35.2 Å². The molecule has 34 heavy (non-hydrogen) atoms. The number of carbonyl (C=O) groups is 4. The summed E-state index contributed by atoms with van der Waals surface area (Å²) in [6, 6.07) is 8.97. The number of nitrogens with zero attached hydrogens (tertiary/aromatic N) is 1. The van der Waals surface area contributed by atoms with E-state index in [2.05, 4.69) is 10.1 Å². The van der Waals surface area contributed by atoms with E-state index in [0.29, 0.717) is 22.9 Å². The van der Waals surface area contributed by atoms with Crippen molar-refractivity contribution in [1.82, 2.24) is 5.32 Å². The first-order valence-electron chi connectivity index (χ1n) is 10.6. The molecule has 0 unspecified atom stereocenters. The summed E-state index contributed by atoms with van der Waals surface area (Å²) in [5, 5.41) is 2.41. The summed E-state index contributed by atoms with van der Waals surface area (Å²) in [7, 11) is 1.22. The first-order chi connectivity index (χ1) is 16.2. The van der Waals surface area contributed by atoms with Crippen LogP contribution in [0.25, 0.3) is 6.08 Å². The first kappa shape index (κ1) is 24.5. The number of nitrogens with one attached hydrogen (secondary N) is 1. The lowest BCUT2D eigenvalue weighted by Gasteiger charge is -2.22. The van der Waals surface area contributed by atoms with Crippen LogP contribution in [0.15, 0.2) is 51.7 Å². The van der Waals surface area contributed by atoms with Crippen LogP contribution >= 0.6 is 0 Å². The number of rotatable bonds is 6. The molecule has 1 aliphatic rings. The molecular weight excluding hydrogens is 440 g/mol. The minimum atomic E-state index is -0.978. The van der Waals surface area contributed by atoms with Gasteiger partial charge in [-0.05, 0) is 63.1 Å². The number of aryl methyl sites for hydroxylation is 2. The Kier molecular flexibility index (Phi) is 7.35. The van der Waals surface area contributed by atoms with E-state index in [4.69, 9.17) is 9.15 Å². The van der Waals surface area contributed by atoms with Gasteiger partial charge in [-0.3, -0.25) is 9.59 Å². The number of benzene rings is 1. The largest absolute Gasteiger partial charge is 0.465 e. The van der Waals surface area contributed by atoms with Crippen molar-refractivity contribution in [1.29, 1.82) is 0 Å². The molecule has 0 aliphatic carbocycles. The number of Topliss-reactive ketones (excluding diaryl/α,β-unsaturated/α-hetero) is 1. The fourth-order valence-electron chi connectivity index (χ4n) is 3.49. The summed E-state index contributed by atoms with van der Waals surface area (Å²) in [6.07, 6.45) is 1.52. The fourth-order valence-corrected chi connectivity index (χ4v) is 3.49. The smallest absolute Gasteiger partial charge is 0.396 e. The van der Waals surface area contributed by atoms with E-state index in [1.165, 1.54) is 13.2 Å². The van der Waals surface area contributed by atoms with Crippen LogP contribution in [0.2, 0.25) is 0 Å². The Morgan fingerprint density at radius 1 is 1.09 bits per heavy atom. The predicted octanol–water partition coefficient (Wildman–Crippen LogP) is 2.95. The van der Waals surface area contributed by atoms with Gasteiger partial charge >= 0.3 is 17.8 Å². The van der Waals surface area contributed by atoms with E-state index < -0.39 is 23.6 Å². The third-order valence-electron chi connectivity index (χ3n) is 5.38. The summed E-state index contributed by atoms with van der Waals surface area (Å²) < 4.78 is 15.2. The molecule has 1 N–H and O–H groups in total. The topological polar surface area (TPSA) is 115 Å². The van der Waals surface area contributed by atoms with Crippen molar-refractivity contribution in [2.75, 3.05) is 18.6 Å². The van der Waals surface area contributed by atoms with Gasteiger partial charge in [-0.25, -0.2) is 9.59 Å². The van der Waals surface area contributed by atoms with Crippen LogP contribution in [-0.4, -0.2) is 37.3 Å². The Hall–Kier alpha value is -4.14. The number of ether oxygens (including phenoxy) is 2. The van der Waals surface area contributed by atoms with E-state index >= 15 is 0 Å². The van der Waals surface area contributed by atoms with Gasteiger partial charge in [-0.15, -0.1) is 0 Å². The maximum absolute atomic E-state index is 13.2. The van der Waals surface area contributed by atoms with Gasteiger partial charge in [0.15, 0.2) is 0 Å². The number of anilines is 1. The van der Waals surface area contributed by atoms with Gasteiger partial charge in [-0.2, -0.15) is 0 Å². The van der Waals surface area contributed by atoms with Crippen molar-refractivity contribution >= 4 is 35.4 Å². The van der Waals surface area contributed by atoms with Gasteiger partial charge in [0, 0.05) is 17.5 Å². The highest BCUT2D eigenvalue weighted by molar-refractivity contribution is 6.32. The molecule has 2 aromatic rings. The van der Waals surface area contributed by atoms with Crippen LogP contribution in [0.4, 0.5) is 5.69 Å². The number of hydrogen-bond donors (Lipinski definition) is 1. The molecule has 0 fully saturated rings. The maximum atomic E-state index is 13.2. The van der Waals surface area contributed by atoms with Crippen molar-refractivity contribution in [2.45, 2.75) is 34.2 Å². The molecule has 0 saturated heterocycles. The fraction of sp³-hybridized carbons (Fsp3) is 0.280.